The Morgan fingerprint density at radius 3 is 2.89 bits per heavy atom. The first kappa shape index (κ1) is 15.9. The Balaban J connectivity index is 1.44. The highest BCUT2D eigenvalue weighted by Gasteiger charge is 2.10. The zero-order valence-electron chi connectivity index (χ0n) is 11.2. The summed E-state index contributed by atoms with van der Waals surface area (Å²) in [5.41, 5.74) is 0. The summed E-state index contributed by atoms with van der Waals surface area (Å²) in [5.74, 6) is 3.79. The van der Waals surface area contributed by atoms with Crippen LogP contribution in [0.5, 0.6) is 0 Å². The average molecular weight is 408 g/mol. The maximum absolute atomic E-state index is 4.41. The largest absolute Gasteiger partial charge is 0.293 e. The highest BCUT2D eigenvalue weighted by atomic mass is 127. The Morgan fingerprint density at radius 2 is 2.16 bits per heavy atom. The maximum Gasteiger partial charge on any atom is 0.0960 e. The van der Waals surface area contributed by atoms with Crippen LogP contribution in [0.4, 0.5) is 0 Å². The number of hydrogen-bond acceptors (Lipinski definition) is 4. The van der Waals surface area contributed by atoms with Gasteiger partial charge in [0.25, 0.3) is 0 Å². The quantitative estimate of drug-likeness (QED) is 0.361. The smallest absolute Gasteiger partial charge is 0.0960 e. The van der Waals surface area contributed by atoms with Gasteiger partial charge in [-0.25, -0.2) is 4.98 Å². The lowest BCUT2D eigenvalue weighted by molar-refractivity contribution is 0.344. The lowest BCUT2D eigenvalue weighted by Gasteiger charge is -2.12. The number of rotatable bonds is 8. The first-order valence-electron chi connectivity index (χ1n) is 6.89. The van der Waals surface area contributed by atoms with Crippen molar-refractivity contribution in [3.8, 4) is 0 Å². The lowest BCUT2D eigenvalue weighted by atomic mass is 10.2. The molecule has 0 saturated carbocycles. The molecule has 0 bridgehead atoms. The zero-order chi connectivity index (χ0) is 13.3. The van der Waals surface area contributed by atoms with E-state index in [2.05, 4.69) is 56.4 Å². The molecule has 19 heavy (non-hydrogen) atoms. The van der Waals surface area contributed by atoms with E-state index >= 15 is 0 Å². The molecule has 0 aromatic carbocycles. The van der Waals surface area contributed by atoms with Crippen molar-refractivity contribution < 1.29 is 0 Å². The third kappa shape index (κ3) is 6.69. The van der Waals surface area contributed by atoms with E-state index in [1.807, 2.05) is 18.0 Å². The molecular weight excluding hydrogens is 387 g/mol. The molecule has 1 saturated heterocycles. The lowest BCUT2D eigenvalue weighted by Crippen LogP contribution is -2.20. The van der Waals surface area contributed by atoms with E-state index in [1.54, 1.807) is 0 Å². The molecule has 1 aliphatic heterocycles. The Hall–Kier alpha value is 0.540. The molecule has 1 aromatic rings. The molecule has 5 heteroatoms. The average Bonchev–Trinajstić information content (AvgIpc) is 2.93. The van der Waals surface area contributed by atoms with Gasteiger partial charge in [-0.2, -0.15) is 0 Å². The summed E-state index contributed by atoms with van der Waals surface area (Å²) in [4.78, 5) is 6.99. The monoisotopic (exact) mass is 408 g/mol. The number of unbranched alkanes of at least 4 members (excludes halogenated alkanes) is 3. The molecule has 0 N–H and O–H groups in total. The summed E-state index contributed by atoms with van der Waals surface area (Å²) in [6, 6.07) is 4.25. The number of pyridine rings is 1. The first-order chi connectivity index (χ1) is 9.34. The molecule has 0 radical (unpaired) electrons. The fourth-order valence-electron chi connectivity index (χ4n) is 2.04. The molecule has 2 nitrogen and oxygen atoms in total. The molecule has 106 valence electrons. The molecule has 0 atom stereocenters. The topological polar surface area (TPSA) is 16.1 Å². The van der Waals surface area contributed by atoms with E-state index in [4.69, 9.17) is 0 Å². The van der Waals surface area contributed by atoms with Gasteiger partial charge in [-0.15, -0.1) is 23.5 Å². The van der Waals surface area contributed by atoms with Gasteiger partial charge in [0.2, 0.25) is 0 Å². The number of halogens is 1. The summed E-state index contributed by atoms with van der Waals surface area (Å²) in [6.45, 7) is 2.61. The van der Waals surface area contributed by atoms with E-state index < -0.39 is 0 Å². The van der Waals surface area contributed by atoms with Crippen molar-refractivity contribution in [3.05, 3.63) is 21.9 Å². The summed E-state index contributed by atoms with van der Waals surface area (Å²) in [5, 5.41) is 1.16. The van der Waals surface area contributed by atoms with E-state index in [0.717, 1.165) is 5.03 Å². The summed E-state index contributed by atoms with van der Waals surface area (Å²) < 4.78 is 1.21. The minimum absolute atomic E-state index is 1.16. The molecule has 1 fully saturated rings. The second-order valence-electron chi connectivity index (χ2n) is 4.73. The molecule has 1 aromatic heterocycles. The van der Waals surface area contributed by atoms with Crippen LogP contribution in [-0.4, -0.2) is 40.4 Å². The Kier molecular flexibility index (Phi) is 7.94. The molecule has 0 amide bonds. The van der Waals surface area contributed by atoms with Gasteiger partial charge in [-0.05, 0) is 59.9 Å². The third-order valence-electron chi connectivity index (χ3n) is 3.14. The molecule has 0 aliphatic carbocycles. The van der Waals surface area contributed by atoms with E-state index in [9.17, 15) is 0 Å². The van der Waals surface area contributed by atoms with E-state index in [1.165, 1.54) is 59.7 Å². The van der Waals surface area contributed by atoms with Crippen molar-refractivity contribution in [3.63, 3.8) is 0 Å². The van der Waals surface area contributed by atoms with Gasteiger partial charge in [0, 0.05) is 27.9 Å². The molecule has 2 rings (SSSR count). The second kappa shape index (κ2) is 9.47. The first-order valence-corrected chi connectivity index (χ1v) is 10.1. The predicted molar refractivity (Wildman–Crippen MR) is 95.0 cm³/mol. The minimum atomic E-state index is 1.16. The van der Waals surface area contributed by atoms with Gasteiger partial charge >= 0.3 is 0 Å². The molecule has 2 heterocycles. The van der Waals surface area contributed by atoms with Crippen molar-refractivity contribution in [1.82, 2.24) is 9.88 Å². The van der Waals surface area contributed by atoms with Crippen LogP contribution in [-0.2, 0) is 0 Å². The van der Waals surface area contributed by atoms with Crippen LogP contribution in [0, 0.1) is 3.57 Å². The number of aromatic nitrogens is 1. The van der Waals surface area contributed by atoms with Gasteiger partial charge in [0.15, 0.2) is 0 Å². The van der Waals surface area contributed by atoms with E-state index in [0.29, 0.717) is 0 Å². The summed E-state index contributed by atoms with van der Waals surface area (Å²) in [6.07, 6.45) is 7.36. The second-order valence-corrected chi connectivity index (χ2v) is 8.17. The van der Waals surface area contributed by atoms with Crippen LogP contribution in [0.25, 0.3) is 0 Å². The molecular formula is C14H21IN2S2. The fraction of sp³-hybridized carbons (Fsp3) is 0.643. The van der Waals surface area contributed by atoms with Crippen molar-refractivity contribution >= 4 is 46.1 Å². The molecule has 1 aliphatic rings. The van der Waals surface area contributed by atoms with Crippen molar-refractivity contribution in [2.75, 3.05) is 30.5 Å². The fourth-order valence-corrected chi connectivity index (χ4v) is 4.24. The highest BCUT2D eigenvalue weighted by Crippen LogP contribution is 2.18. The normalized spacial score (nSPS) is 16.1. The zero-order valence-corrected chi connectivity index (χ0v) is 15.0. The van der Waals surface area contributed by atoms with Gasteiger partial charge in [-0.3, -0.25) is 4.90 Å². The number of hydrogen-bond donors (Lipinski definition) is 0. The predicted octanol–water partition coefficient (Wildman–Crippen LogP) is 4.35. The van der Waals surface area contributed by atoms with Gasteiger partial charge in [-0.1, -0.05) is 12.8 Å². The van der Waals surface area contributed by atoms with Gasteiger partial charge in [0.1, 0.15) is 0 Å². The van der Waals surface area contributed by atoms with Crippen LogP contribution in [0.15, 0.2) is 23.4 Å². The van der Waals surface area contributed by atoms with Crippen molar-refractivity contribution in [2.24, 2.45) is 0 Å². The highest BCUT2D eigenvalue weighted by molar-refractivity contribution is 14.1. The SMILES string of the molecule is Ic1ccc(SCCCCCCN2CCSC2)nc1. The Labute approximate surface area is 138 Å². The minimum Gasteiger partial charge on any atom is -0.293 e. The summed E-state index contributed by atoms with van der Waals surface area (Å²) >= 11 is 6.25. The Morgan fingerprint density at radius 1 is 1.26 bits per heavy atom. The van der Waals surface area contributed by atoms with Crippen LogP contribution >= 0.6 is 46.1 Å². The van der Waals surface area contributed by atoms with E-state index in [-0.39, 0.29) is 0 Å². The van der Waals surface area contributed by atoms with Gasteiger partial charge in [0.05, 0.1) is 5.03 Å². The summed E-state index contributed by atoms with van der Waals surface area (Å²) in [7, 11) is 0. The van der Waals surface area contributed by atoms with Crippen LogP contribution < -0.4 is 0 Å². The van der Waals surface area contributed by atoms with Crippen LogP contribution in [0.3, 0.4) is 0 Å². The van der Waals surface area contributed by atoms with Crippen LogP contribution in [0.2, 0.25) is 0 Å². The molecule has 0 spiro atoms. The standard InChI is InChI=1S/C14H21IN2S2/c15-13-5-6-14(16-11-13)19-9-4-2-1-3-7-17-8-10-18-12-17/h5-6,11H,1-4,7-10,12H2. The third-order valence-corrected chi connectivity index (χ3v) is 5.83. The van der Waals surface area contributed by atoms with Crippen LogP contribution in [0.1, 0.15) is 25.7 Å². The van der Waals surface area contributed by atoms with Crippen molar-refractivity contribution in [1.29, 1.82) is 0 Å². The van der Waals surface area contributed by atoms with Gasteiger partial charge < -0.3 is 0 Å². The molecule has 0 unspecified atom stereocenters. The maximum atomic E-state index is 4.41. The Bertz CT molecular complexity index is 353. The van der Waals surface area contributed by atoms with Crippen molar-refractivity contribution in [2.45, 2.75) is 30.7 Å². The number of thioether (sulfide) groups is 2. The number of nitrogens with zero attached hydrogens (tertiary/aromatic N) is 2.